The highest BCUT2D eigenvalue weighted by atomic mass is 19.3. The summed E-state index contributed by atoms with van der Waals surface area (Å²) < 4.78 is 31.6. The second kappa shape index (κ2) is 3.74. The van der Waals surface area contributed by atoms with Crippen molar-refractivity contribution in [1.82, 2.24) is 10.3 Å². The van der Waals surface area contributed by atoms with Crippen LogP contribution in [0.5, 0.6) is 5.88 Å². The molecule has 0 N–H and O–H groups in total. The van der Waals surface area contributed by atoms with E-state index in [1.807, 2.05) is 0 Å². The lowest BCUT2D eigenvalue weighted by molar-refractivity contribution is 0.0767. The molecule has 0 aliphatic carbocycles. The van der Waals surface area contributed by atoms with Crippen molar-refractivity contribution in [2.45, 2.75) is 6.43 Å². The van der Waals surface area contributed by atoms with Gasteiger partial charge in [-0.15, -0.1) is 0 Å². The first-order chi connectivity index (χ1) is 5.74. The molecule has 0 radical (unpaired) electrons. The highest BCUT2D eigenvalue weighted by Gasteiger charge is 2.12. The third-order valence-electron chi connectivity index (χ3n) is 0.940. The summed E-state index contributed by atoms with van der Waals surface area (Å²) in [6, 6.07) is 0. The molecule has 0 atom stereocenters. The van der Waals surface area contributed by atoms with Crippen LogP contribution >= 0.6 is 0 Å². The smallest absolute Gasteiger partial charge is 0.286 e. The van der Waals surface area contributed by atoms with Crippen LogP contribution in [0.1, 0.15) is 10.5 Å². The Morgan fingerprint density at radius 1 is 1.58 bits per heavy atom. The van der Waals surface area contributed by atoms with Gasteiger partial charge in [0.1, 0.15) is 0 Å². The third-order valence-corrected chi connectivity index (χ3v) is 0.940. The fourth-order valence-electron chi connectivity index (χ4n) is 0.501. The fraction of sp³-hybridized carbons (Fsp3) is 0.400. The molecule has 0 amide bonds. The molecular weight excluding hydrogens is 174 g/mol. The van der Waals surface area contributed by atoms with Gasteiger partial charge in [0.05, 0.1) is 0 Å². The molecule has 7 heteroatoms. The second-order valence-electron chi connectivity index (χ2n) is 1.77. The quantitative estimate of drug-likeness (QED) is 0.629. The SMILES string of the molecule is O=Cc1nonc1OCC(F)F. The fourth-order valence-corrected chi connectivity index (χ4v) is 0.501. The molecule has 1 rings (SSSR count). The van der Waals surface area contributed by atoms with Crippen molar-refractivity contribution >= 4 is 6.29 Å². The van der Waals surface area contributed by atoms with Crippen LogP contribution < -0.4 is 4.74 Å². The predicted octanol–water partition coefficient (Wildman–Crippen LogP) is 0.526. The summed E-state index contributed by atoms with van der Waals surface area (Å²) in [5.74, 6) is -0.315. The van der Waals surface area contributed by atoms with Crippen LogP contribution in [0.2, 0.25) is 0 Å². The number of hydrogen-bond donors (Lipinski definition) is 0. The van der Waals surface area contributed by atoms with Gasteiger partial charge in [-0.25, -0.2) is 13.4 Å². The van der Waals surface area contributed by atoms with E-state index in [1.165, 1.54) is 0 Å². The van der Waals surface area contributed by atoms with E-state index >= 15 is 0 Å². The van der Waals surface area contributed by atoms with Crippen molar-refractivity contribution in [3.8, 4) is 5.88 Å². The Labute approximate surface area is 65.3 Å². The van der Waals surface area contributed by atoms with Gasteiger partial charge < -0.3 is 4.74 Å². The molecule has 0 spiro atoms. The lowest BCUT2D eigenvalue weighted by Crippen LogP contribution is -2.08. The number of aromatic nitrogens is 2. The van der Waals surface area contributed by atoms with E-state index in [9.17, 15) is 13.6 Å². The molecule has 0 aliphatic rings. The second-order valence-corrected chi connectivity index (χ2v) is 1.77. The van der Waals surface area contributed by atoms with Gasteiger partial charge >= 0.3 is 0 Å². The van der Waals surface area contributed by atoms with Crippen LogP contribution in [-0.2, 0) is 0 Å². The molecule has 12 heavy (non-hydrogen) atoms. The average molecular weight is 178 g/mol. The topological polar surface area (TPSA) is 65.2 Å². The van der Waals surface area contributed by atoms with Crippen LogP contribution in [0.25, 0.3) is 0 Å². The van der Waals surface area contributed by atoms with Crippen molar-refractivity contribution in [2.75, 3.05) is 6.61 Å². The first kappa shape index (κ1) is 8.57. The molecule has 5 nitrogen and oxygen atoms in total. The molecule has 0 unspecified atom stereocenters. The van der Waals surface area contributed by atoms with E-state index in [0.29, 0.717) is 6.29 Å². The molecule has 0 saturated carbocycles. The van der Waals surface area contributed by atoms with Gasteiger partial charge in [0, 0.05) is 0 Å². The van der Waals surface area contributed by atoms with Crippen LogP contribution in [0, 0.1) is 0 Å². The van der Waals surface area contributed by atoms with Gasteiger partial charge in [-0.1, -0.05) is 0 Å². The minimum atomic E-state index is -2.62. The van der Waals surface area contributed by atoms with Crippen molar-refractivity contribution in [3.05, 3.63) is 5.69 Å². The normalized spacial score (nSPS) is 10.2. The van der Waals surface area contributed by atoms with Crippen LogP contribution in [0.15, 0.2) is 4.63 Å². The van der Waals surface area contributed by atoms with Gasteiger partial charge in [-0.05, 0) is 10.3 Å². The van der Waals surface area contributed by atoms with Gasteiger partial charge in [-0.3, -0.25) is 4.79 Å². The summed E-state index contributed by atoms with van der Waals surface area (Å²) in [6.45, 7) is -0.838. The number of rotatable bonds is 4. The van der Waals surface area contributed by atoms with Gasteiger partial charge in [0.25, 0.3) is 12.3 Å². The zero-order chi connectivity index (χ0) is 8.97. The molecule has 0 bridgehead atoms. The number of carbonyl (C=O) groups is 1. The summed E-state index contributed by atoms with van der Waals surface area (Å²) >= 11 is 0. The molecule has 1 aromatic heterocycles. The Hall–Kier alpha value is -1.53. The summed E-state index contributed by atoms with van der Waals surface area (Å²) in [4.78, 5) is 10.1. The summed E-state index contributed by atoms with van der Waals surface area (Å²) in [7, 11) is 0. The Bertz CT molecular complexity index is 263. The summed E-state index contributed by atoms with van der Waals surface area (Å²) in [5.41, 5.74) is -0.226. The minimum Gasteiger partial charge on any atom is -0.468 e. The Kier molecular flexibility index (Phi) is 2.67. The van der Waals surface area contributed by atoms with E-state index in [0.717, 1.165) is 0 Å². The Morgan fingerprint density at radius 3 is 2.92 bits per heavy atom. The van der Waals surface area contributed by atoms with E-state index < -0.39 is 13.0 Å². The largest absolute Gasteiger partial charge is 0.468 e. The number of hydrogen-bond acceptors (Lipinski definition) is 5. The summed E-state index contributed by atoms with van der Waals surface area (Å²) in [6.07, 6.45) is -2.32. The van der Waals surface area contributed by atoms with Gasteiger partial charge in [0.15, 0.2) is 12.9 Å². The van der Waals surface area contributed by atoms with E-state index in [-0.39, 0.29) is 11.6 Å². The Morgan fingerprint density at radius 2 is 2.33 bits per heavy atom. The van der Waals surface area contributed by atoms with Crippen LogP contribution in [0.3, 0.4) is 0 Å². The van der Waals surface area contributed by atoms with Crippen molar-refractivity contribution in [3.63, 3.8) is 0 Å². The number of carbonyl (C=O) groups excluding carboxylic acids is 1. The average Bonchev–Trinajstić information content (AvgIpc) is 2.47. The lowest BCUT2D eigenvalue weighted by atomic mass is 10.5. The molecule has 1 aromatic rings. The van der Waals surface area contributed by atoms with E-state index in [2.05, 4.69) is 19.7 Å². The molecule has 0 aliphatic heterocycles. The summed E-state index contributed by atoms with van der Waals surface area (Å²) in [5, 5.41) is 6.17. The third kappa shape index (κ3) is 1.97. The zero-order valence-corrected chi connectivity index (χ0v) is 5.74. The molecular formula is C5H4F2N2O3. The van der Waals surface area contributed by atoms with Gasteiger partial charge in [0.2, 0.25) is 5.69 Å². The lowest BCUT2D eigenvalue weighted by Gasteiger charge is -1.98. The minimum absolute atomic E-state index is 0.226. The van der Waals surface area contributed by atoms with Crippen LogP contribution in [0.4, 0.5) is 8.78 Å². The number of nitrogens with zero attached hydrogens (tertiary/aromatic N) is 2. The monoisotopic (exact) mass is 178 g/mol. The maximum Gasteiger partial charge on any atom is 0.286 e. The zero-order valence-electron chi connectivity index (χ0n) is 5.74. The maximum atomic E-state index is 11.6. The standard InChI is InChI=1S/C5H4F2N2O3/c6-4(7)2-11-5-3(1-10)8-12-9-5/h1,4H,2H2. The molecule has 66 valence electrons. The molecule has 0 aromatic carbocycles. The van der Waals surface area contributed by atoms with Crippen molar-refractivity contribution in [1.29, 1.82) is 0 Å². The first-order valence-corrected chi connectivity index (χ1v) is 2.92. The number of alkyl halides is 2. The highest BCUT2D eigenvalue weighted by molar-refractivity contribution is 5.74. The van der Waals surface area contributed by atoms with Crippen molar-refractivity contribution < 1.29 is 22.9 Å². The molecule has 0 fully saturated rings. The number of aldehydes is 1. The molecule has 0 saturated heterocycles. The maximum absolute atomic E-state index is 11.6. The number of ether oxygens (including phenoxy) is 1. The first-order valence-electron chi connectivity index (χ1n) is 2.92. The van der Waals surface area contributed by atoms with Crippen molar-refractivity contribution in [2.24, 2.45) is 0 Å². The Balaban J connectivity index is 2.56. The number of halogens is 2. The molecule has 1 heterocycles. The van der Waals surface area contributed by atoms with E-state index in [4.69, 9.17) is 0 Å². The highest BCUT2D eigenvalue weighted by Crippen LogP contribution is 2.10. The predicted molar refractivity (Wildman–Crippen MR) is 31.2 cm³/mol. The van der Waals surface area contributed by atoms with Gasteiger partial charge in [-0.2, -0.15) is 0 Å². The van der Waals surface area contributed by atoms with Crippen LogP contribution in [-0.4, -0.2) is 29.6 Å². The van der Waals surface area contributed by atoms with E-state index in [1.54, 1.807) is 0 Å².